The highest BCUT2D eigenvalue weighted by molar-refractivity contribution is 5.86. The van der Waals surface area contributed by atoms with Gasteiger partial charge in [0.25, 0.3) is 0 Å². The summed E-state index contributed by atoms with van der Waals surface area (Å²) in [6, 6.07) is 9.15. The summed E-state index contributed by atoms with van der Waals surface area (Å²) in [5.74, 6) is -1.56. The van der Waals surface area contributed by atoms with Crippen molar-refractivity contribution in [3.8, 4) is 11.3 Å². The van der Waals surface area contributed by atoms with E-state index < -0.39 is 11.8 Å². The Bertz CT molecular complexity index is 650. The van der Waals surface area contributed by atoms with Crippen molar-refractivity contribution in [2.45, 2.75) is 6.92 Å². The van der Waals surface area contributed by atoms with E-state index >= 15 is 0 Å². The highest BCUT2D eigenvalue weighted by Crippen LogP contribution is 2.23. The van der Waals surface area contributed by atoms with Gasteiger partial charge in [-0.2, -0.15) is 0 Å². The molecule has 4 heteroatoms. The van der Waals surface area contributed by atoms with Crippen LogP contribution in [-0.4, -0.2) is 16.1 Å². The predicted octanol–water partition coefficient (Wildman–Crippen LogP) is 3.62. The number of halogens is 1. The first-order chi connectivity index (χ1) is 9.11. The van der Waals surface area contributed by atoms with Crippen molar-refractivity contribution in [2.75, 3.05) is 0 Å². The van der Waals surface area contributed by atoms with Crippen molar-refractivity contribution in [3.63, 3.8) is 0 Å². The molecule has 0 unspecified atom stereocenters. The molecule has 1 N–H and O–H groups in total. The van der Waals surface area contributed by atoms with Crippen LogP contribution in [0.1, 0.15) is 23.0 Å². The average Bonchev–Trinajstić information content (AvgIpc) is 2.41. The molecule has 2 aromatic rings. The van der Waals surface area contributed by atoms with Crippen LogP contribution in [0.4, 0.5) is 4.39 Å². The van der Waals surface area contributed by atoms with Gasteiger partial charge in [-0.25, -0.2) is 14.2 Å². The normalized spacial score (nSPS) is 10.8. The topological polar surface area (TPSA) is 50.2 Å². The third kappa shape index (κ3) is 2.85. The van der Waals surface area contributed by atoms with Crippen LogP contribution in [0.15, 0.2) is 42.5 Å². The monoisotopic (exact) mass is 257 g/mol. The van der Waals surface area contributed by atoms with Crippen LogP contribution in [0.3, 0.4) is 0 Å². The maximum atomic E-state index is 13.8. The van der Waals surface area contributed by atoms with Crippen molar-refractivity contribution >= 4 is 12.0 Å². The van der Waals surface area contributed by atoms with Crippen molar-refractivity contribution < 1.29 is 14.3 Å². The molecule has 0 spiro atoms. The molecule has 1 aromatic heterocycles. The fraction of sp³-hybridized carbons (Fsp3) is 0.0667. The highest BCUT2D eigenvalue weighted by Gasteiger charge is 2.10. The van der Waals surface area contributed by atoms with E-state index in [1.165, 1.54) is 12.1 Å². The van der Waals surface area contributed by atoms with Gasteiger partial charge in [-0.15, -0.1) is 0 Å². The average molecular weight is 257 g/mol. The zero-order valence-corrected chi connectivity index (χ0v) is 10.3. The lowest BCUT2D eigenvalue weighted by Gasteiger charge is -2.05. The molecule has 0 saturated carbocycles. The summed E-state index contributed by atoms with van der Waals surface area (Å²) in [6.45, 7) is 1.87. The molecule has 0 radical (unpaired) electrons. The summed E-state index contributed by atoms with van der Waals surface area (Å²) < 4.78 is 13.8. The number of pyridine rings is 1. The first-order valence-electron chi connectivity index (χ1n) is 5.75. The first kappa shape index (κ1) is 13.0. The van der Waals surface area contributed by atoms with Gasteiger partial charge in [0.2, 0.25) is 0 Å². The van der Waals surface area contributed by atoms with Gasteiger partial charge in [0.15, 0.2) is 0 Å². The summed E-state index contributed by atoms with van der Waals surface area (Å²) >= 11 is 0. The van der Waals surface area contributed by atoms with Crippen LogP contribution in [0, 0.1) is 5.82 Å². The Balaban J connectivity index is 2.54. The molecule has 0 aliphatic carbocycles. The molecule has 0 bridgehead atoms. The van der Waals surface area contributed by atoms with Crippen molar-refractivity contribution in [1.82, 2.24) is 4.98 Å². The number of benzene rings is 1. The van der Waals surface area contributed by atoms with E-state index in [1.54, 1.807) is 24.3 Å². The second-order valence-corrected chi connectivity index (χ2v) is 3.95. The molecule has 0 saturated heterocycles. The molecular formula is C15H12FNO2. The minimum atomic E-state index is -1.13. The van der Waals surface area contributed by atoms with Crippen LogP contribution in [-0.2, 0) is 0 Å². The van der Waals surface area contributed by atoms with Crippen LogP contribution >= 0.6 is 0 Å². The molecule has 2 rings (SSSR count). The van der Waals surface area contributed by atoms with E-state index in [2.05, 4.69) is 4.98 Å². The molecule has 0 fully saturated rings. The van der Waals surface area contributed by atoms with Gasteiger partial charge in [-0.3, -0.25) is 0 Å². The molecular weight excluding hydrogens is 245 g/mol. The molecule has 19 heavy (non-hydrogen) atoms. The number of carboxylic acid groups (broad SMARTS) is 1. The van der Waals surface area contributed by atoms with Crippen LogP contribution < -0.4 is 0 Å². The zero-order chi connectivity index (χ0) is 13.8. The lowest BCUT2D eigenvalue weighted by molar-refractivity contribution is 0.0690. The Morgan fingerprint density at radius 2 is 2.11 bits per heavy atom. The maximum Gasteiger partial charge on any atom is 0.354 e. The lowest BCUT2D eigenvalue weighted by atomic mass is 10.1. The molecule has 0 aliphatic heterocycles. The van der Waals surface area contributed by atoms with Crippen LogP contribution in [0.2, 0.25) is 0 Å². The van der Waals surface area contributed by atoms with E-state index in [0.717, 1.165) is 5.56 Å². The number of hydrogen-bond acceptors (Lipinski definition) is 2. The van der Waals surface area contributed by atoms with Crippen molar-refractivity contribution in [1.29, 1.82) is 0 Å². The molecule has 0 aliphatic rings. The molecule has 1 aromatic carbocycles. The number of allylic oxidation sites excluding steroid dienone is 1. The van der Waals surface area contributed by atoms with Gasteiger partial charge < -0.3 is 5.11 Å². The Morgan fingerprint density at radius 1 is 1.32 bits per heavy atom. The van der Waals surface area contributed by atoms with Crippen molar-refractivity contribution in [3.05, 3.63) is 59.5 Å². The number of aromatic nitrogens is 1. The van der Waals surface area contributed by atoms with E-state index in [0.29, 0.717) is 11.3 Å². The number of rotatable bonds is 3. The van der Waals surface area contributed by atoms with Gasteiger partial charge in [0.1, 0.15) is 11.5 Å². The van der Waals surface area contributed by atoms with Gasteiger partial charge in [-0.1, -0.05) is 24.3 Å². The Morgan fingerprint density at radius 3 is 2.79 bits per heavy atom. The third-order valence-corrected chi connectivity index (χ3v) is 2.59. The number of aromatic carboxylic acids is 1. The fourth-order valence-electron chi connectivity index (χ4n) is 1.74. The molecule has 0 atom stereocenters. The van der Waals surface area contributed by atoms with Gasteiger partial charge in [0.05, 0.1) is 5.69 Å². The van der Waals surface area contributed by atoms with Crippen LogP contribution in [0.25, 0.3) is 17.3 Å². The number of carboxylic acids is 1. The fourth-order valence-corrected chi connectivity index (χ4v) is 1.74. The smallest absolute Gasteiger partial charge is 0.354 e. The zero-order valence-electron chi connectivity index (χ0n) is 10.3. The molecule has 96 valence electrons. The minimum Gasteiger partial charge on any atom is -0.477 e. The molecule has 3 nitrogen and oxygen atoms in total. The molecule has 0 amide bonds. The number of carbonyl (C=O) groups is 1. The molecule has 1 heterocycles. The quantitative estimate of drug-likeness (QED) is 0.913. The Labute approximate surface area is 110 Å². The third-order valence-electron chi connectivity index (χ3n) is 2.59. The Hall–Kier alpha value is -2.49. The van der Waals surface area contributed by atoms with Crippen LogP contribution in [0.5, 0.6) is 0 Å². The minimum absolute atomic E-state index is 0.103. The number of nitrogens with zero attached hydrogens (tertiary/aromatic N) is 1. The van der Waals surface area contributed by atoms with E-state index in [-0.39, 0.29) is 5.69 Å². The van der Waals surface area contributed by atoms with E-state index in [1.807, 2.05) is 19.1 Å². The highest BCUT2D eigenvalue weighted by atomic mass is 19.1. The summed E-state index contributed by atoms with van der Waals surface area (Å²) in [5, 5.41) is 8.90. The summed E-state index contributed by atoms with van der Waals surface area (Å²) in [6.07, 6.45) is 3.68. The van der Waals surface area contributed by atoms with E-state index in [4.69, 9.17) is 5.11 Å². The van der Waals surface area contributed by atoms with Gasteiger partial charge in [0, 0.05) is 5.56 Å². The lowest BCUT2D eigenvalue weighted by Crippen LogP contribution is -2.01. The van der Waals surface area contributed by atoms with Gasteiger partial charge >= 0.3 is 5.97 Å². The van der Waals surface area contributed by atoms with Crippen molar-refractivity contribution in [2.24, 2.45) is 0 Å². The van der Waals surface area contributed by atoms with E-state index in [9.17, 15) is 9.18 Å². The summed E-state index contributed by atoms with van der Waals surface area (Å²) in [5.41, 5.74) is 1.33. The second-order valence-electron chi connectivity index (χ2n) is 3.95. The standard InChI is InChI=1S/C15H12FNO2/c1-2-4-10-7-8-12(16)11(9-10)13-5-3-6-14(17-13)15(18)19/h2-9H,1H3,(H,18,19)/b4-2-. The summed E-state index contributed by atoms with van der Waals surface area (Å²) in [4.78, 5) is 14.8. The second kappa shape index (κ2) is 5.44. The maximum absolute atomic E-state index is 13.8. The number of hydrogen-bond donors (Lipinski definition) is 1. The first-order valence-corrected chi connectivity index (χ1v) is 5.75. The summed E-state index contributed by atoms with van der Waals surface area (Å²) in [7, 11) is 0. The SMILES string of the molecule is C/C=C\c1ccc(F)c(-c2cccc(C(=O)O)n2)c1. The van der Waals surface area contributed by atoms with Gasteiger partial charge in [-0.05, 0) is 36.8 Å². The Kier molecular flexibility index (Phi) is 3.71. The largest absolute Gasteiger partial charge is 0.477 e. The predicted molar refractivity (Wildman–Crippen MR) is 71.3 cm³/mol.